The molecule has 0 saturated heterocycles. The summed E-state index contributed by atoms with van der Waals surface area (Å²) in [6.07, 6.45) is 5.64. The highest BCUT2D eigenvalue weighted by molar-refractivity contribution is 7.98. The maximum absolute atomic E-state index is 4.46. The third-order valence-corrected chi connectivity index (χ3v) is 2.59. The lowest BCUT2D eigenvalue weighted by Crippen LogP contribution is -2.21. The molecule has 15 heavy (non-hydrogen) atoms. The Labute approximate surface area is 95.5 Å². The minimum Gasteiger partial charge on any atom is -0.369 e. The molecule has 1 heterocycles. The quantitative estimate of drug-likeness (QED) is 0.799. The van der Waals surface area contributed by atoms with Crippen LogP contribution in [0.1, 0.15) is 6.92 Å². The normalized spacial score (nSPS) is 10.1. The van der Waals surface area contributed by atoms with Crippen molar-refractivity contribution in [2.24, 2.45) is 0 Å². The van der Waals surface area contributed by atoms with E-state index in [1.807, 2.05) is 25.7 Å². The lowest BCUT2D eigenvalue weighted by Gasteiger charge is -2.17. The molecule has 0 aromatic carbocycles. The fourth-order valence-electron chi connectivity index (χ4n) is 1.15. The van der Waals surface area contributed by atoms with E-state index in [9.17, 15) is 0 Å². The molecule has 4 nitrogen and oxygen atoms in total. The molecular weight excluding hydrogens is 208 g/mol. The molecule has 0 unspecified atom stereocenters. The van der Waals surface area contributed by atoms with Crippen molar-refractivity contribution in [1.29, 1.82) is 0 Å². The van der Waals surface area contributed by atoms with Crippen molar-refractivity contribution in [1.82, 2.24) is 9.97 Å². The molecule has 1 aromatic rings. The van der Waals surface area contributed by atoms with E-state index in [-0.39, 0.29) is 0 Å². The number of hydrogen-bond donors (Lipinski definition) is 1. The van der Waals surface area contributed by atoms with Gasteiger partial charge in [0, 0.05) is 25.9 Å². The largest absolute Gasteiger partial charge is 0.369 e. The van der Waals surface area contributed by atoms with Crippen molar-refractivity contribution < 1.29 is 0 Å². The predicted octanol–water partition coefficient (Wildman–Crippen LogP) is 1.71. The van der Waals surface area contributed by atoms with E-state index in [1.165, 1.54) is 0 Å². The standard InChI is InChI=1S/C10H18N4S/c1-4-12-9-7-11-8-10(13-9)14(2)5-6-15-3/h7-8H,4-6H2,1-3H3,(H,12,13). The molecule has 0 bridgehead atoms. The third-order valence-electron chi connectivity index (χ3n) is 2.00. The van der Waals surface area contributed by atoms with E-state index in [0.29, 0.717) is 0 Å². The molecule has 0 radical (unpaired) electrons. The van der Waals surface area contributed by atoms with Crippen molar-refractivity contribution in [3.8, 4) is 0 Å². The molecule has 84 valence electrons. The summed E-state index contributed by atoms with van der Waals surface area (Å²) in [5.41, 5.74) is 0. The molecule has 0 aliphatic carbocycles. The fraction of sp³-hybridized carbons (Fsp3) is 0.600. The summed E-state index contributed by atoms with van der Waals surface area (Å²) in [6, 6.07) is 0. The Balaban J connectivity index is 2.62. The van der Waals surface area contributed by atoms with Gasteiger partial charge in [-0.2, -0.15) is 11.8 Å². The van der Waals surface area contributed by atoms with Gasteiger partial charge in [-0.3, -0.25) is 4.98 Å². The van der Waals surface area contributed by atoms with Crippen LogP contribution in [0.4, 0.5) is 11.6 Å². The first kappa shape index (κ1) is 12.1. The van der Waals surface area contributed by atoms with E-state index in [1.54, 1.807) is 12.4 Å². The molecule has 1 rings (SSSR count). The van der Waals surface area contributed by atoms with Crippen LogP contribution in [-0.4, -0.2) is 42.1 Å². The topological polar surface area (TPSA) is 41.1 Å². The summed E-state index contributed by atoms with van der Waals surface area (Å²) in [5.74, 6) is 2.86. The maximum atomic E-state index is 4.46. The van der Waals surface area contributed by atoms with Gasteiger partial charge in [0.15, 0.2) is 0 Å². The van der Waals surface area contributed by atoms with E-state index >= 15 is 0 Å². The Kier molecular flexibility index (Phi) is 5.25. The lowest BCUT2D eigenvalue weighted by atomic mass is 10.5. The Morgan fingerprint density at radius 1 is 1.47 bits per heavy atom. The number of rotatable bonds is 6. The number of nitrogens with zero attached hydrogens (tertiary/aromatic N) is 3. The summed E-state index contributed by atoms with van der Waals surface area (Å²) < 4.78 is 0. The number of thioether (sulfide) groups is 1. The zero-order chi connectivity index (χ0) is 11.1. The zero-order valence-electron chi connectivity index (χ0n) is 9.53. The molecule has 0 fully saturated rings. The Morgan fingerprint density at radius 3 is 2.93 bits per heavy atom. The second kappa shape index (κ2) is 6.50. The zero-order valence-corrected chi connectivity index (χ0v) is 10.3. The summed E-state index contributed by atoms with van der Waals surface area (Å²) in [7, 11) is 2.04. The van der Waals surface area contributed by atoms with Gasteiger partial charge in [0.1, 0.15) is 11.6 Å². The van der Waals surface area contributed by atoms with Crippen LogP contribution in [0.3, 0.4) is 0 Å². The molecule has 1 aromatic heterocycles. The highest BCUT2D eigenvalue weighted by Gasteiger charge is 2.03. The molecule has 0 spiro atoms. The van der Waals surface area contributed by atoms with Crippen LogP contribution in [0, 0.1) is 0 Å². The molecule has 0 aliphatic rings. The van der Waals surface area contributed by atoms with Gasteiger partial charge in [0.2, 0.25) is 0 Å². The molecule has 0 amide bonds. The first-order valence-electron chi connectivity index (χ1n) is 5.04. The first-order valence-corrected chi connectivity index (χ1v) is 6.43. The van der Waals surface area contributed by atoms with Crippen LogP contribution < -0.4 is 10.2 Å². The molecule has 0 aliphatic heterocycles. The Bertz CT molecular complexity index is 293. The number of hydrogen-bond acceptors (Lipinski definition) is 5. The second-order valence-corrected chi connectivity index (χ2v) is 4.19. The minimum atomic E-state index is 0.839. The number of nitrogens with one attached hydrogen (secondary N) is 1. The number of aromatic nitrogens is 2. The average molecular weight is 226 g/mol. The van der Waals surface area contributed by atoms with Gasteiger partial charge in [-0.1, -0.05) is 0 Å². The molecule has 0 saturated carbocycles. The molecule has 1 N–H and O–H groups in total. The average Bonchev–Trinajstić information content (AvgIpc) is 2.27. The van der Waals surface area contributed by atoms with Gasteiger partial charge in [-0.05, 0) is 13.2 Å². The monoisotopic (exact) mass is 226 g/mol. The van der Waals surface area contributed by atoms with Gasteiger partial charge in [-0.15, -0.1) is 0 Å². The van der Waals surface area contributed by atoms with Crippen molar-refractivity contribution in [3.05, 3.63) is 12.4 Å². The lowest BCUT2D eigenvalue weighted by molar-refractivity contribution is 0.934. The van der Waals surface area contributed by atoms with Crippen LogP contribution in [0.5, 0.6) is 0 Å². The third kappa shape index (κ3) is 3.95. The highest BCUT2D eigenvalue weighted by Crippen LogP contribution is 2.10. The predicted molar refractivity (Wildman–Crippen MR) is 67.8 cm³/mol. The van der Waals surface area contributed by atoms with Crippen LogP contribution in [0.25, 0.3) is 0 Å². The number of anilines is 2. The second-order valence-electron chi connectivity index (χ2n) is 3.21. The van der Waals surface area contributed by atoms with Gasteiger partial charge >= 0.3 is 0 Å². The van der Waals surface area contributed by atoms with Gasteiger partial charge in [-0.25, -0.2) is 4.98 Å². The van der Waals surface area contributed by atoms with Crippen molar-refractivity contribution >= 4 is 23.4 Å². The van der Waals surface area contributed by atoms with Crippen LogP contribution in [0.2, 0.25) is 0 Å². The fourth-order valence-corrected chi connectivity index (χ4v) is 1.61. The van der Waals surface area contributed by atoms with Crippen LogP contribution >= 0.6 is 11.8 Å². The molecular formula is C10H18N4S. The maximum Gasteiger partial charge on any atom is 0.149 e. The van der Waals surface area contributed by atoms with Crippen LogP contribution in [-0.2, 0) is 0 Å². The smallest absolute Gasteiger partial charge is 0.149 e. The van der Waals surface area contributed by atoms with E-state index in [2.05, 4.69) is 26.4 Å². The summed E-state index contributed by atoms with van der Waals surface area (Å²) >= 11 is 1.83. The molecule has 0 atom stereocenters. The summed E-state index contributed by atoms with van der Waals surface area (Å²) in [6.45, 7) is 3.91. The first-order chi connectivity index (χ1) is 7.27. The van der Waals surface area contributed by atoms with E-state index in [4.69, 9.17) is 0 Å². The summed E-state index contributed by atoms with van der Waals surface area (Å²) in [4.78, 5) is 10.7. The SMILES string of the molecule is CCNc1cncc(N(C)CCSC)n1. The highest BCUT2D eigenvalue weighted by atomic mass is 32.2. The van der Waals surface area contributed by atoms with E-state index < -0.39 is 0 Å². The Hall–Kier alpha value is -0.970. The van der Waals surface area contributed by atoms with Crippen molar-refractivity contribution in [2.75, 3.05) is 42.4 Å². The minimum absolute atomic E-state index is 0.839. The van der Waals surface area contributed by atoms with Gasteiger partial charge in [0.25, 0.3) is 0 Å². The van der Waals surface area contributed by atoms with Gasteiger partial charge < -0.3 is 10.2 Å². The van der Waals surface area contributed by atoms with Crippen LogP contribution in [0.15, 0.2) is 12.4 Å². The van der Waals surface area contributed by atoms with Gasteiger partial charge in [0.05, 0.1) is 12.4 Å². The Morgan fingerprint density at radius 2 is 2.27 bits per heavy atom. The van der Waals surface area contributed by atoms with E-state index in [0.717, 1.165) is 30.5 Å². The van der Waals surface area contributed by atoms with Crippen molar-refractivity contribution in [3.63, 3.8) is 0 Å². The summed E-state index contributed by atoms with van der Waals surface area (Å²) in [5, 5.41) is 3.15. The van der Waals surface area contributed by atoms with Crippen molar-refractivity contribution in [2.45, 2.75) is 6.92 Å². The molecule has 5 heteroatoms.